The molecule has 4 aliphatic heterocycles. The number of carbonyl (C=O) groups excluding carboxylic acids is 2. The van der Waals surface area contributed by atoms with Crippen LogP contribution in [0.1, 0.15) is 45.4 Å². The molecule has 0 aromatic carbocycles. The SMILES string of the molecule is COC1CNC(Cl)CC1C1CC(C)NCC1C(=O)NC1NC2CN(C(=O)C3CC4(CC(F)C4)C3)CC2S1. The van der Waals surface area contributed by atoms with Crippen LogP contribution in [-0.4, -0.2) is 90.6 Å². The molecule has 6 rings (SSSR count). The molecule has 208 valence electrons. The van der Waals surface area contributed by atoms with Crippen molar-refractivity contribution in [3.8, 4) is 0 Å². The van der Waals surface area contributed by atoms with E-state index in [1.807, 2.05) is 4.90 Å². The van der Waals surface area contributed by atoms with E-state index in [0.29, 0.717) is 38.5 Å². The summed E-state index contributed by atoms with van der Waals surface area (Å²) in [7, 11) is 1.75. The third-order valence-electron chi connectivity index (χ3n) is 10.1. The zero-order valence-corrected chi connectivity index (χ0v) is 23.3. The van der Waals surface area contributed by atoms with Crippen molar-refractivity contribution in [1.29, 1.82) is 0 Å². The number of hydrogen-bond acceptors (Lipinski definition) is 7. The highest BCUT2D eigenvalue weighted by Gasteiger charge is 2.56. The zero-order chi connectivity index (χ0) is 25.9. The number of nitrogens with one attached hydrogen (secondary N) is 4. The average molecular weight is 558 g/mol. The van der Waals surface area contributed by atoms with Crippen LogP contribution in [-0.2, 0) is 14.3 Å². The lowest BCUT2D eigenvalue weighted by molar-refractivity contribution is -0.151. The van der Waals surface area contributed by atoms with E-state index in [9.17, 15) is 14.0 Å². The number of thioether (sulfide) groups is 1. The molecule has 2 saturated carbocycles. The number of rotatable bonds is 5. The molecule has 4 saturated heterocycles. The Morgan fingerprint density at radius 1 is 1.11 bits per heavy atom. The normalized spacial score (nSPS) is 49.3. The van der Waals surface area contributed by atoms with Crippen LogP contribution in [0.4, 0.5) is 4.39 Å². The molecule has 6 fully saturated rings. The zero-order valence-electron chi connectivity index (χ0n) is 21.8. The number of fused-ring (bicyclic) bond motifs is 1. The number of alkyl halides is 2. The molecular formula is C26H41ClFN5O3S. The average Bonchev–Trinajstić information content (AvgIpc) is 3.38. The van der Waals surface area contributed by atoms with Gasteiger partial charge in [0.05, 0.1) is 17.5 Å². The summed E-state index contributed by atoms with van der Waals surface area (Å²) < 4.78 is 19.1. The molecule has 9 unspecified atom stereocenters. The smallest absolute Gasteiger partial charge is 0.226 e. The van der Waals surface area contributed by atoms with Gasteiger partial charge < -0.3 is 20.3 Å². The summed E-state index contributed by atoms with van der Waals surface area (Å²) in [6.45, 7) is 4.95. The number of nitrogens with zero attached hydrogens (tertiary/aromatic N) is 1. The van der Waals surface area contributed by atoms with Crippen LogP contribution >= 0.6 is 23.4 Å². The summed E-state index contributed by atoms with van der Waals surface area (Å²) in [6.07, 6.45) is 4.12. The molecule has 4 heterocycles. The van der Waals surface area contributed by atoms with Crippen molar-refractivity contribution in [2.75, 3.05) is 33.3 Å². The molecule has 9 atom stereocenters. The first-order chi connectivity index (χ1) is 17.7. The Morgan fingerprint density at radius 3 is 2.59 bits per heavy atom. The number of halogens is 2. The van der Waals surface area contributed by atoms with Crippen molar-refractivity contribution in [2.45, 2.75) is 86.1 Å². The summed E-state index contributed by atoms with van der Waals surface area (Å²) in [5.41, 5.74) is -0.110. The molecule has 6 aliphatic rings. The molecule has 4 N–H and O–H groups in total. The van der Waals surface area contributed by atoms with Crippen LogP contribution in [0, 0.1) is 29.1 Å². The van der Waals surface area contributed by atoms with Crippen molar-refractivity contribution in [3.63, 3.8) is 0 Å². The molecule has 1 spiro atoms. The van der Waals surface area contributed by atoms with Gasteiger partial charge in [-0.05, 0) is 62.7 Å². The Labute approximate surface area is 228 Å². The standard InChI is InChI=1S/C26H41ClFN5O3S/c1-13-3-16(17-4-22(27)30-10-20(17)36-2)18(9-29-13)23(34)32-25-31-19-11-33(12-21(19)37-25)24(35)14-5-26(6-14)7-15(28)8-26/h13-22,25,29-31H,3-12H2,1-2H3,(H,32,34). The van der Waals surface area contributed by atoms with E-state index >= 15 is 0 Å². The second kappa shape index (κ2) is 10.4. The number of hydrogen-bond donors (Lipinski definition) is 4. The Balaban J connectivity index is 1.01. The van der Waals surface area contributed by atoms with Crippen LogP contribution in [0.25, 0.3) is 0 Å². The van der Waals surface area contributed by atoms with Crippen molar-refractivity contribution in [3.05, 3.63) is 0 Å². The quantitative estimate of drug-likeness (QED) is 0.301. The number of likely N-dealkylation sites (tertiary alicyclic amines) is 1. The Morgan fingerprint density at radius 2 is 1.89 bits per heavy atom. The minimum atomic E-state index is -0.656. The molecule has 8 nitrogen and oxygen atoms in total. The lowest BCUT2D eigenvalue weighted by atomic mass is 9.51. The highest BCUT2D eigenvalue weighted by molar-refractivity contribution is 8.00. The maximum absolute atomic E-state index is 13.6. The van der Waals surface area contributed by atoms with Gasteiger partial charge in [-0.15, -0.1) is 23.4 Å². The summed E-state index contributed by atoms with van der Waals surface area (Å²) in [5.74, 6) is 0.693. The molecule has 0 aromatic rings. The van der Waals surface area contributed by atoms with Gasteiger partial charge in [-0.2, -0.15) is 0 Å². The highest BCUT2D eigenvalue weighted by atomic mass is 35.5. The Kier molecular flexibility index (Phi) is 7.46. The minimum absolute atomic E-state index is 0.0516. The third kappa shape index (κ3) is 5.15. The number of methoxy groups -OCH3 is 1. The van der Waals surface area contributed by atoms with Crippen LogP contribution in [0.5, 0.6) is 0 Å². The molecule has 0 radical (unpaired) electrons. The first-order valence-electron chi connectivity index (χ1n) is 14.0. The number of piperidine rings is 2. The minimum Gasteiger partial charge on any atom is -0.380 e. The number of carbonyl (C=O) groups is 2. The molecule has 37 heavy (non-hydrogen) atoms. The topological polar surface area (TPSA) is 94.7 Å². The van der Waals surface area contributed by atoms with Crippen molar-refractivity contribution in [2.24, 2.45) is 29.1 Å². The van der Waals surface area contributed by atoms with E-state index < -0.39 is 6.17 Å². The van der Waals surface area contributed by atoms with E-state index in [2.05, 4.69) is 28.2 Å². The summed E-state index contributed by atoms with van der Waals surface area (Å²) in [6, 6.07) is 0.539. The first-order valence-corrected chi connectivity index (χ1v) is 15.4. The predicted molar refractivity (Wildman–Crippen MR) is 142 cm³/mol. The monoisotopic (exact) mass is 557 g/mol. The molecule has 2 aliphatic carbocycles. The van der Waals surface area contributed by atoms with E-state index in [1.54, 1.807) is 18.9 Å². The molecule has 11 heteroatoms. The van der Waals surface area contributed by atoms with E-state index in [-0.39, 0.29) is 69.3 Å². The fourth-order valence-electron chi connectivity index (χ4n) is 8.08. The van der Waals surface area contributed by atoms with Crippen LogP contribution in [0.3, 0.4) is 0 Å². The van der Waals surface area contributed by atoms with Gasteiger partial charge in [0.25, 0.3) is 0 Å². The summed E-state index contributed by atoms with van der Waals surface area (Å²) in [4.78, 5) is 28.6. The van der Waals surface area contributed by atoms with Gasteiger partial charge in [-0.25, -0.2) is 4.39 Å². The van der Waals surface area contributed by atoms with Gasteiger partial charge in [0.1, 0.15) is 11.7 Å². The molecule has 0 bridgehead atoms. The predicted octanol–water partition coefficient (Wildman–Crippen LogP) is 1.63. The van der Waals surface area contributed by atoms with Crippen molar-refractivity contribution < 1.29 is 18.7 Å². The van der Waals surface area contributed by atoms with Crippen LogP contribution < -0.4 is 21.3 Å². The maximum Gasteiger partial charge on any atom is 0.226 e. The van der Waals surface area contributed by atoms with Crippen molar-refractivity contribution in [1.82, 2.24) is 26.2 Å². The Bertz CT molecular complexity index is 874. The number of amides is 2. The van der Waals surface area contributed by atoms with Gasteiger partial charge in [0.2, 0.25) is 11.8 Å². The Hall–Kier alpha value is -0.650. The molecule has 2 amide bonds. The van der Waals surface area contributed by atoms with Gasteiger partial charge in [0, 0.05) is 56.5 Å². The lowest BCUT2D eigenvalue weighted by Gasteiger charge is -2.55. The van der Waals surface area contributed by atoms with E-state index in [0.717, 1.165) is 32.2 Å². The number of ether oxygens (including phenoxy) is 1. The van der Waals surface area contributed by atoms with Gasteiger partial charge in [0.15, 0.2) is 0 Å². The second-order valence-corrected chi connectivity index (χ2v) is 14.4. The third-order valence-corrected chi connectivity index (χ3v) is 11.7. The van der Waals surface area contributed by atoms with Gasteiger partial charge >= 0.3 is 0 Å². The highest BCUT2D eigenvalue weighted by Crippen LogP contribution is 2.60. The van der Waals surface area contributed by atoms with Crippen LogP contribution in [0.2, 0.25) is 0 Å². The largest absolute Gasteiger partial charge is 0.380 e. The van der Waals surface area contributed by atoms with Crippen LogP contribution in [0.15, 0.2) is 0 Å². The lowest BCUT2D eigenvalue weighted by Crippen LogP contribution is -2.57. The second-order valence-electron chi connectivity index (χ2n) is 12.6. The van der Waals surface area contributed by atoms with Crippen molar-refractivity contribution >= 4 is 35.2 Å². The fourth-order valence-corrected chi connectivity index (χ4v) is 9.78. The van der Waals surface area contributed by atoms with E-state index in [1.165, 1.54) is 0 Å². The van der Waals surface area contributed by atoms with Gasteiger partial charge in [-0.3, -0.25) is 20.2 Å². The van der Waals surface area contributed by atoms with Gasteiger partial charge in [-0.1, -0.05) is 0 Å². The first kappa shape index (κ1) is 26.6. The summed E-state index contributed by atoms with van der Waals surface area (Å²) >= 11 is 8.19. The van der Waals surface area contributed by atoms with E-state index in [4.69, 9.17) is 16.3 Å². The summed E-state index contributed by atoms with van der Waals surface area (Å²) in [5, 5.41) is 13.9. The maximum atomic E-state index is 13.6. The molecular weight excluding hydrogens is 517 g/mol. The fraction of sp³-hybridized carbons (Fsp3) is 0.923. The molecule has 0 aromatic heterocycles.